The number of tetrazole rings is 1. The lowest BCUT2D eigenvalue weighted by Crippen LogP contribution is -2.30. The van der Waals surface area contributed by atoms with Crippen LogP contribution in [0.25, 0.3) is 11.4 Å². The Kier molecular flexibility index (Phi) is 4.86. The zero-order valence-corrected chi connectivity index (χ0v) is 13.8. The molecule has 0 saturated heterocycles. The maximum absolute atomic E-state index is 12.1. The maximum Gasteiger partial charge on any atom is 0.244 e. The summed E-state index contributed by atoms with van der Waals surface area (Å²) in [4.78, 5) is 13.4. The number of nitrogens with one attached hydrogen (secondary N) is 1. The van der Waals surface area contributed by atoms with E-state index >= 15 is 0 Å². The summed E-state index contributed by atoms with van der Waals surface area (Å²) < 4.78 is 0. The van der Waals surface area contributed by atoms with E-state index in [0.29, 0.717) is 16.4 Å². The molecule has 0 radical (unpaired) electrons. The van der Waals surface area contributed by atoms with Crippen molar-refractivity contribution < 1.29 is 4.79 Å². The van der Waals surface area contributed by atoms with Crippen LogP contribution in [0.5, 0.6) is 0 Å². The van der Waals surface area contributed by atoms with Gasteiger partial charge in [-0.1, -0.05) is 54.1 Å². The monoisotopic (exact) mass is 341 g/mol. The summed E-state index contributed by atoms with van der Waals surface area (Å²) in [6, 6.07) is 16.9. The van der Waals surface area contributed by atoms with Crippen LogP contribution in [0.2, 0.25) is 5.02 Å². The third-order valence-electron chi connectivity index (χ3n) is 3.53. The Morgan fingerprint density at radius 2 is 1.88 bits per heavy atom. The van der Waals surface area contributed by atoms with E-state index in [1.807, 2.05) is 49.4 Å². The molecule has 0 saturated carbocycles. The molecule has 1 amide bonds. The van der Waals surface area contributed by atoms with Crippen LogP contribution >= 0.6 is 11.6 Å². The number of halogens is 1. The van der Waals surface area contributed by atoms with Gasteiger partial charge in [-0.15, -0.1) is 10.2 Å². The second kappa shape index (κ2) is 7.23. The Labute approximate surface area is 144 Å². The Bertz CT molecular complexity index is 834. The molecule has 6 nitrogen and oxygen atoms in total. The fourth-order valence-electron chi connectivity index (χ4n) is 2.30. The minimum atomic E-state index is -0.186. The minimum Gasteiger partial charge on any atom is -0.348 e. The number of nitrogens with zero attached hydrogens (tertiary/aromatic N) is 4. The highest BCUT2D eigenvalue weighted by atomic mass is 35.5. The Balaban J connectivity index is 1.65. The summed E-state index contributed by atoms with van der Waals surface area (Å²) in [5.74, 6) is 0.207. The van der Waals surface area contributed by atoms with Gasteiger partial charge in [-0.25, -0.2) is 0 Å². The summed E-state index contributed by atoms with van der Waals surface area (Å²) in [6.07, 6.45) is 0. The van der Waals surface area contributed by atoms with Crippen LogP contribution in [0.15, 0.2) is 54.6 Å². The van der Waals surface area contributed by atoms with E-state index in [9.17, 15) is 4.79 Å². The smallest absolute Gasteiger partial charge is 0.244 e. The summed E-state index contributed by atoms with van der Waals surface area (Å²) in [7, 11) is 0. The molecular formula is C17H16ClN5O. The first-order valence-electron chi connectivity index (χ1n) is 7.50. The molecule has 24 heavy (non-hydrogen) atoms. The molecule has 3 rings (SSSR count). The molecule has 7 heteroatoms. The van der Waals surface area contributed by atoms with Gasteiger partial charge in [0.2, 0.25) is 11.7 Å². The molecule has 0 bridgehead atoms. The zero-order valence-electron chi connectivity index (χ0n) is 13.1. The van der Waals surface area contributed by atoms with Gasteiger partial charge in [0.1, 0.15) is 6.54 Å². The van der Waals surface area contributed by atoms with Crippen LogP contribution in [0.4, 0.5) is 0 Å². The van der Waals surface area contributed by atoms with Crippen molar-refractivity contribution in [2.45, 2.75) is 19.5 Å². The fraction of sp³-hybridized carbons (Fsp3) is 0.176. The van der Waals surface area contributed by atoms with Crippen LogP contribution in [0.3, 0.4) is 0 Å². The maximum atomic E-state index is 12.1. The standard InChI is InChI=1S/C17H16ClN5O/c1-12(13-7-3-2-4-8-13)19-16(24)11-23-21-17(20-22-23)14-9-5-6-10-15(14)18/h2-10,12H,11H2,1H3,(H,19,24)/t12-/m0/s1. The lowest BCUT2D eigenvalue weighted by Gasteiger charge is -2.13. The molecular weight excluding hydrogens is 326 g/mol. The van der Waals surface area contributed by atoms with Crippen LogP contribution in [-0.2, 0) is 11.3 Å². The average molecular weight is 342 g/mol. The number of carbonyl (C=O) groups excluding carboxylic acids is 1. The first-order valence-corrected chi connectivity index (χ1v) is 7.88. The summed E-state index contributed by atoms with van der Waals surface area (Å²) in [6.45, 7) is 1.92. The number of hydrogen-bond acceptors (Lipinski definition) is 4. The molecule has 0 aliphatic carbocycles. The van der Waals surface area contributed by atoms with Crippen molar-refractivity contribution in [1.29, 1.82) is 0 Å². The van der Waals surface area contributed by atoms with Crippen molar-refractivity contribution in [3.05, 3.63) is 65.2 Å². The Morgan fingerprint density at radius 1 is 1.17 bits per heavy atom. The number of carbonyl (C=O) groups is 1. The van der Waals surface area contributed by atoms with Gasteiger partial charge in [-0.05, 0) is 29.8 Å². The van der Waals surface area contributed by atoms with E-state index in [1.165, 1.54) is 4.80 Å². The number of benzene rings is 2. The highest BCUT2D eigenvalue weighted by molar-refractivity contribution is 6.33. The predicted octanol–water partition coefficient (Wildman–Crippen LogP) is 2.87. The van der Waals surface area contributed by atoms with Gasteiger partial charge in [0.05, 0.1) is 11.1 Å². The van der Waals surface area contributed by atoms with Gasteiger partial charge in [0, 0.05) is 5.56 Å². The highest BCUT2D eigenvalue weighted by Gasteiger charge is 2.13. The Hall–Kier alpha value is -2.73. The zero-order chi connectivity index (χ0) is 16.9. The minimum absolute atomic E-state index is 0.00533. The molecule has 1 heterocycles. The van der Waals surface area contributed by atoms with E-state index in [2.05, 4.69) is 20.7 Å². The summed E-state index contributed by atoms with van der Waals surface area (Å²) >= 11 is 6.11. The molecule has 1 atom stereocenters. The number of amides is 1. The number of hydrogen-bond donors (Lipinski definition) is 1. The normalized spacial score (nSPS) is 11.9. The SMILES string of the molecule is C[C@H](NC(=O)Cn1nnc(-c2ccccc2Cl)n1)c1ccccc1. The van der Waals surface area contributed by atoms with Crippen LogP contribution < -0.4 is 5.32 Å². The van der Waals surface area contributed by atoms with Crippen molar-refractivity contribution in [3.8, 4) is 11.4 Å². The largest absolute Gasteiger partial charge is 0.348 e. The lowest BCUT2D eigenvalue weighted by atomic mass is 10.1. The second-order valence-electron chi connectivity index (χ2n) is 5.32. The first kappa shape index (κ1) is 16.1. The van der Waals surface area contributed by atoms with E-state index < -0.39 is 0 Å². The summed E-state index contributed by atoms with van der Waals surface area (Å²) in [5, 5.41) is 15.5. The van der Waals surface area contributed by atoms with Crippen molar-refractivity contribution in [1.82, 2.24) is 25.5 Å². The lowest BCUT2D eigenvalue weighted by molar-refractivity contribution is -0.122. The van der Waals surface area contributed by atoms with Crippen molar-refractivity contribution in [3.63, 3.8) is 0 Å². The number of aromatic nitrogens is 4. The van der Waals surface area contributed by atoms with Crippen LogP contribution in [0.1, 0.15) is 18.5 Å². The van der Waals surface area contributed by atoms with Crippen molar-refractivity contribution in [2.24, 2.45) is 0 Å². The molecule has 0 unspecified atom stereocenters. The first-order chi connectivity index (χ1) is 11.6. The van der Waals surface area contributed by atoms with Gasteiger partial charge < -0.3 is 5.32 Å². The van der Waals surface area contributed by atoms with Crippen molar-refractivity contribution in [2.75, 3.05) is 0 Å². The Morgan fingerprint density at radius 3 is 2.62 bits per heavy atom. The molecule has 0 spiro atoms. The van der Waals surface area contributed by atoms with Crippen LogP contribution in [0, 0.1) is 0 Å². The third kappa shape index (κ3) is 3.78. The van der Waals surface area contributed by atoms with E-state index in [4.69, 9.17) is 11.6 Å². The molecule has 0 aliphatic heterocycles. The van der Waals surface area contributed by atoms with Crippen LogP contribution in [-0.4, -0.2) is 26.1 Å². The third-order valence-corrected chi connectivity index (χ3v) is 3.86. The van der Waals surface area contributed by atoms with Gasteiger partial charge in [0.15, 0.2) is 0 Å². The fourth-order valence-corrected chi connectivity index (χ4v) is 2.52. The molecule has 1 N–H and O–H groups in total. The average Bonchev–Trinajstić information content (AvgIpc) is 3.04. The van der Waals surface area contributed by atoms with Gasteiger partial charge in [-0.3, -0.25) is 4.79 Å². The van der Waals surface area contributed by atoms with E-state index in [0.717, 1.165) is 5.56 Å². The molecule has 0 fully saturated rings. The second-order valence-corrected chi connectivity index (χ2v) is 5.73. The van der Waals surface area contributed by atoms with Gasteiger partial charge in [-0.2, -0.15) is 4.80 Å². The highest BCUT2D eigenvalue weighted by Crippen LogP contribution is 2.23. The van der Waals surface area contributed by atoms with E-state index in [1.54, 1.807) is 12.1 Å². The van der Waals surface area contributed by atoms with Crippen molar-refractivity contribution >= 4 is 17.5 Å². The van der Waals surface area contributed by atoms with E-state index in [-0.39, 0.29) is 18.5 Å². The molecule has 2 aromatic carbocycles. The van der Waals surface area contributed by atoms with Gasteiger partial charge >= 0.3 is 0 Å². The van der Waals surface area contributed by atoms with Gasteiger partial charge in [0.25, 0.3) is 0 Å². The number of rotatable bonds is 5. The molecule has 0 aliphatic rings. The molecule has 122 valence electrons. The topological polar surface area (TPSA) is 72.7 Å². The quantitative estimate of drug-likeness (QED) is 0.774. The molecule has 1 aromatic heterocycles. The molecule has 3 aromatic rings. The summed E-state index contributed by atoms with van der Waals surface area (Å²) in [5.41, 5.74) is 1.72. The predicted molar refractivity (Wildman–Crippen MR) is 91.3 cm³/mol.